The fourth-order valence-corrected chi connectivity index (χ4v) is 2.99. The number of aromatic nitrogens is 1. The summed E-state index contributed by atoms with van der Waals surface area (Å²) in [4.78, 5) is 13.0. The van der Waals surface area contributed by atoms with Gasteiger partial charge in [0, 0.05) is 11.7 Å². The quantitative estimate of drug-likeness (QED) is 0.283. The van der Waals surface area contributed by atoms with Crippen molar-refractivity contribution in [3.8, 4) is 6.07 Å². The van der Waals surface area contributed by atoms with Crippen molar-refractivity contribution in [2.75, 3.05) is 0 Å². The van der Waals surface area contributed by atoms with Crippen molar-refractivity contribution in [1.29, 1.82) is 5.26 Å². The molecule has 0 unspecified atom stereocenters. The molecule has 5 nitrogen and oxygen atoms in total. The monoisotopic (exact) mass is 420 g/mol. The predicted molar refractivity (Wildman–Crippen MR) is 132 cm³/mol. The standard InChI is InChI=1S/C12H15N.C10H9N3O.2C2H6/c1-4-5-12-9(2)6-11(8-13)7-10(12)3;14-7-13-12-6-8-1-2-9-3-4-11-10(9)5-8;2*1-2/h6-7H,4-5H2,1-3H3;1-7,11H,(H,13,14);2*1-2H3/b;12-6+;;. The van der Waals surface area contributed by atoms with Crippen molar-refractivity contribution in [2.24, 2.45) is 5.10 Å². The Morgan fingerprint density at radius 1 is 1.06 bits per heavy atom. The van der Waals surface area contributed by atoms with Crippen molar-refractivity contribution < 1.29 is 4.79 Å². The topological polar surface area (TPSA) is 81.0 Å². The molecule has 0 saturated carbocycles. The van der Waals surface area contributed by atoms with Crippen LogP contribution >= 0.6 is 0 Å². The van der Waals surface area contributed by atoms with E-state index >= 15 is 0 Å². The van der Waals surface area contributed by atoms with Crippen LogP contribution in [0.5, 0.6) is 0 Å². The van der Waals surface area contributed by atoms with E-state index in [2.05, 4.69) is 42.4 Å². The van der Waals surface area contributed by atoms with E-state index in [-0.39, 0.29) is 0 Å². The van der Waals surface area contributed by atoms with Crippen LogP contribution < -0.4 is 5.43 Å². The van der Waals surface area contributed by atoms with Gasteiger partial charge >= 0.3 is 0 Å². The molecule has 0 spiro atoms. The highest BCUT2D eigenvalue weighted by atomic mass is 16.1. The van der Waals surface area contributed by atoms with Crippen LogP contribution in [0.25, 0.3) is 10.9 Å². The van der Waals surface area contributed by atoms with Gasteiger partial charge in [0.1, 0.15) is 0 Å². The molecule has 166 valence electrons. The van der Waals surface area contributed by atoms with Crippen molar-refractivity contribution >= 4 is 23.5 Å². The fourth-order valence-electron chi connectivity index (χ4n) is 2.99. The Morgan fingerprint density at radius 3 is 2.26 bits per heavy atom. The molecule has 0 atom stereocenters. The second-order valence-corrected chi connectivity index (χ2v) is 6.28. The second kappa shape index (κ2) is 16.4. The van der Waals surface area contributed by atoms with Crippen LogP contribution in [0, 0.1) is 25.2 Å². The van der Waals surface area contributed by atoms with E-state index in [0.29, 0.717) is 6.41 Å². The molecule has 0 radical (unpaired) electrons. The molecule has 0 fully saturated rings. The van der Waals surface area contributed by atoms with Gasteiger partial charge in [-0.3, -0.25) is 4.79 Å². The van der Waals surface area contributed by atoms with Crippen LogP contribution in [0.15, 0.2) is 47.7 Å². The van der Waals surface area contributed by atoms with Gasteiger partial charge in [-0.25, -0.2) is 5.43 Å². The Morgan fingerprint density at radius 2 is 1.71 bits per heavy atom. The first-order valence-corrected chi connectivity index (χ1v) is 10.9. The summed E-state index contributed by atoms with van der Waals surface area (Å²) in [7, 11) is 0. The highest BCUT2D eigenvalue weighted by molar-refractivity contribution is 5.88. The minimum Gasteiger partial charge on any atom is -0.361 e. The molecule has 1 heterocycles. The number of H-pyrrole nitrogens is 1. The molecule has 2 N–H and O–H groups in total. The third-order valence-corrected chi connectivity index (χ3v) is 4.25. The molecule has 1 aromatic heterocycles. The molecule has 31 heavy (non-hydrogen) atoms. The lowest BCUT2D eigenvalue weighted by atomic mass is 9.96. The number of hydrogen-bond donors (Lipinski definition) is 2. The zero-order chi connectivity index (χ0) is 23.6. The Hall–Kier alpha value is -3.39. The summed E-state index contributed by atoms with van der Waals surface area (Å²) in [6.45, 7) is 14.3. The van der Waals surface area contributed by atoms with Gasteiger partial charge in [0.2, 0.25) is 6.41 Å². The van der Waals surface area contributed by atoms with E-state index in [4.69, 9.17) is 5.26 Å². The molecule has 0 saturated heterocycles. The fraction of sp³-hybridized carbons (Fsp3) is 0.346. The molecule has 0 bridgehead atoms. The average Bonchev–Trinajstić information content (AvgIpc) is 3.27. The van der Waals surface area contributed by atoms with Gasteiger partial charge in [-0.15, -0.1) is 0 Å². The highest BCUT2D eigenvalue weighted by Gasteiger charge is 2.03. The molecule has 0 aliphatic rings. The van der Waals surface area contributed by atoms with E-state index in [0.717, 1.165) is 34.9 Å². The number of nitrogens with one attached hydrogen (secondary N) is 2. The van der Waals surface area contributed by atoms with Crippen LogP contribution in [0.1, 0.15) is 68.9 Å². The Balaban J connectivity index is 0.000000502. The Kier molecular flexibility index (Phi) is 14.6. The van der Waals surface area contributed by atoms with Gasteiger partial charge in [-0.2, -0.15) is 10.4 Å². The van der Waals surface area contributed by atoms with Crippen LogP contribution in [0.4, 0.5) is 0 Å². The number of nitriles is 1. The van der Waals surface area contributed by atoms with Crippen LogP contribution in [0.3, 0.4) is 0 Å². The number of fused-ring (bicyclic) bond motifs is 1. The van der Waals surface area contributed by atoms with Gasteiger partial charge in [0.25, 0.3) is 0 Å². The summed E-state index contributed by atoms with van der Waals surface area (Å²) in [5.74, 6) is 0. The molecule has 5 heteroatoms. The zero-order valence-electron chi connectivity index (χ0n) is 19.9. The molecule has 3 rings (SSSR count). The molecular weight excluding hydrogens is 384 g/mol. The van der Waals surface area contributed by atoms with Gasteiger partial charge < -0.3 is 4.98 Å². The summed E-state index contributed by atoms with van der Waals surface area (Å²) < 4.78 is 0. The number of hydrogen-bond acceptors (Lipinski definition) is 3. The van der Waals surface area contributed by atoms with Crippen molar-refractivity contribution in [3.63, 3.8) is 0 Å². The molecule has 0 aliphatic heterocycles. The van der Waals surface area contributed by atoms with Crippen LogP contribution in [-0.2, 0) is 11.2 Å². The number of aromatic amines is 1. The second-order valence-electron chi connectivity index (χ2n) is 6.28. The lowest BCUT2D eigenvalue weighted by molar-refractivity contribution is -0.109. The number of amides is 1. The maximum atomic E-state index is 9.94. The van der Waals surface area contributed by atoms with E-state index in [1.165, 1.54) is 16.7 Å². The maximum Gasteiger partial charge on any atom is 0.227 e. The zero-order valence-corrected chi connectivity index (χ0v) is 19.9. The summed E-state index contributed by atoms with van der Waals surface area (Å²) in [6.07, 6.45) is 6.28. The van der Waals surface area contributed by atoms with Crippen molar-refractivity contribution in [2.45, 2.75) is 61.3 Å². The maximum absolute atomic E-state index is 9.94. The van der Waals surface area contributed by atoms with Gasteiger partial charge in [0.05, 0.1) is 17.8 Å². The predicted octanol–water partition coefficient (Wildman–Crippen LogP) is 6.43. The lowest BCUT2D eigenvalue weighted by Crippen LogP contribution is -2.00. The van der Waals surface area contributed by atoms with Crippen molar-refractivity contribution in [1.82, 2.24) is 10.4 Å². The molecule has 0 aliphatic carbocycles. The van der Waals surface area contributed by atoms with E-state index in [9.17, 15) is 4.79 Å². The first-order valence-electron chi connectivity index (χ1n) is 10.9. The van der Waals surface area contributed by atoms with Crippen LogP contribution in [0.2, 0.25) is 0 Å². The van der Waals surface area contributed by atoms with E-state index < -0.39 is 0 Å². The number of benzene rings is 2. The molecule has 3 aromatic rings. The van der Waals surface area contributed by atoms with Gasteiger partial charge in [0.15, 0.2) is 0 Å². The van der Waals surface area contributed by atoms with Gasteiger partial charge in [-0.05, 0) is 72.2 Å². The lowest BCUT2D eigenvalue weighted by Gasteiger charge is -2.08. The number of aryl methyl sites for hydroxylation is 2. The normalized spacial score (nSPS) is 9.35. The summed E-state index contributed by atoms with van der Waals surface area (Å²) >= 11 is 0. The third kappa shape index (κ3) is 9.31. The average molecular weight is 421 g/mol. The SMILES string of the molecule is CC.CC.CCCc1c(C)cc(C#N)cc1C.O=CN/N=C/c1ccc2cc[nH]c2c1. The first-order chi connectivity index (χ1) is 15.1. The van der Waals surface area contributed by atoms with Crippen molar-refractivity contribution in [3.05, 3.63) is 70.4 Å². The summed E-state index contributed by atoms with van der Waals surface area (Å²) in [5.41, 5.74) is 8.89. The van der Waals surface area contributed by atoms with Gasteiger partial charge in [-0.1, -0.05) is 53.2 Å². The third-order valence-electron chi connectivity index (χ3n) is 4.25. The minimum atomic E-state index is 0.531. The molecule has 1 amide bonds. The Bertz CT molecular complexity index is 957. The largest absolute Gasteiger partial charge is 0.361 e. The number of nitrogens with zero attached hydrogens (tertiary/aromatic N) is 2. The summed E-state index contributed by atoms with van der Waals surface area (Å²) in [5, 5.41) is 13.6. The number of rotatable bonds is 5. The van der Waals surface area contributed by atoms with E-state index in [1.807, 2.05) is 70.3 Å². The highest BCUT2D eigenvalue weighted by Crippen LogP contribution is 2.17. The number of carbonyl (C=O) groups is 1. The number of carbonyl (C=O) groups excluding carboxylic acids is 1. The van der Waals surface area contributed by atoms with E-state index in [1.54, 1.807) is 6.21 Å². The molecular formula is C26H36N4O. The summed E-state index contributed by atoms with van der Waals surface area (Å²) in [6, 6.07) is 14.0. The Labute approximate surface area is 187 Å². The first kappa shape index (κ1) is 27.6. The smallest absolute Gasteiger partial charge is 0.227 e. The molecule has 2 aromatic carbocycles. The number of hydrazone groups is 1. The van der Waals surface area contributed by atoms with Crippen LogP contribution in [-0.4, -0.2) is 17.6 Å². The minimum absolute atomic E-state index is 0.531.